The number of rotatable bonds is 4. The molecule has 0 amide bonds. The molecule has 0 unspecified atom stereocenters. The maximum atomic E-state index is 5.96. The summed E-state index contributed by atoms with van der Waals surface area (Å²) in [6.07, 6.45) is 3.08. The average molecular weight is 181 g/mol. The first-order valence-corrected chi connectivity index (χ1v) is 5.08. The third-order valence-electron chi connectivity index (χ3n) is 2.29. The molecule has 0 saturated carbocycles. The molecule has 0 aliphatic heterocycles. The zero-order valence-corrected chi connectivity index (χ0v) is 8.80. The van der Waals surface area contributed by atoms with Crippen LogP contribution in [0.2, 0.25) is 0 Å². The fourth-order valence-corrected chi connectivity index (χ4v) is 1.60. The number of imidazole rings is 1. The molecule has 13 heavy (non-hydrogen) atoms. The Hall–Kier alpha value is -0.990. The molecule has 0 bridgehead atoms. The highest BCUT2D eigenvalue weighted by atomic mass is 15.1. The molecule has 0 aliphatic rings. The zero-order chi connectivity index (χ0) is 9.84. The van der Waals surface area contributed by atoms with E-state index in [0.29, 0.717) is 0 Å². The first kappa shape index (κ1) is 10.1. The fraction of sp³-hybridized carbons (Fsp3) is 0.700. The Balaban J connectivity index is 3.04. The number of nitrogens with zero attached hydrogens (tertiary/aromatic N) is 2. The second-order valence-corrected chi connectivity index (χ2v) is 3.21. The highest BCUT2D eigenvalue weighted by Crippen LogP contribution is 2.16. The van der Waals surface area contributed by atoms with Crippen molar-refractivity contribution in [2.75, 3.05) is 5.73 Å². The Labute approximate surface area is 80.0 Å². The minimum absolute atomic E-state index is 0.855. The number of nitrogens with two attached hydrogens (primary N) is 1. The highest BCUT2D eigenvalue weighted by molar-refractivity contribution is 5.38. The maximum Gasteiger partial charge on any atom is 0.126 e. The lowest BCUT2D eigenvalue weighted by atomic mass is 10.3. The van der Waals surface area contributed by atoms with Gasteiger partial charge in [-0.3, -0.25) is 0 Å². The summed E-state index contributed by atoms with van der Waals surface area (Å²) in [5.74, 6) is 1.99. The minimum atomic E-state index is 0.855. The van der Waals surface area contributed by atoms with Crippen LogP contribution in [-0.4, -0.2) is 9.55 Å². The van der Waals surface area contributed by atoms with Gasteiger partial charge in [0, 0.05) is 13.0 Å². The van der Waals surface area contributed by atoms with Crippen LogP contribution in [0.4, 0.5) is 5.82 Å². The van der Waals surface area contributed by atoms with E-state index in [0.717, 1.165) is 43.1 Å². The average Bonchev–Trinajstić information content (AvgIpc) is 2.43. The zero-order valence-electron chi connectivity index (χ0n) is 8.80. The van der Waals surface area contributed by atoms with Gasteiger partial charge in [-0.15, -0.1) is 0 Å². The van der Waals surface area contributed by atoms with E-state index in [9.17, 15) is 0 Å². The van der Waals surface area contributed by atoms with Gasteiger partial charge in [0.2, 0.25) is 0 Å². The fourth-order valence-electron chi connectivity index (χ4n) is 1.60. The van der Waals surface area contributed by atoms with E-state index in [4.69, 9.17) is 5.73 Å². The van der Waals surface area contributed by atoms with Gasteiger partial charge in [-0.05, 0) is 19.8 Å². The van der Waals surface area contributed by atoms with E-state index >= 15 is 0 Å². The number of hydrogen-bond acceptors (Lipinski definition) is 2. The van der Waals surface area contributed by atoms with Crippen LogP contribution in [0, 0.1) is 0 Å². The van der Waals surface area contributed by atoms with Crippen LogP contribution in [0.25, 0.3) is 0 Å². The summed E-state index contributed by atoms with van der Waals surface area (Å²) in [5, 5.41) is 0. The SMILES string of the molecule is CCCc1nc(CC)c(N)n1CC. The lowest BCUT2D eigenvalue weighted by Gasteiger charge is -2.04. The Morgan fingerprint density at radius 2 is 2.00 bits per heavy atom. The molecule has 0 atom stereocenters. The van der Waals surface area contributed by atoms with Crippen molar-refractivity contribution in [1.82, 2.24) is 9.55 Å². The molecule has 0 fully saturated rings. The summed E-state index contributed by atoms with van der Waals surface area (Å²) in [4.78, 5) is 4.53. The lowest BCUT2D eigenvalue weighted by molar-refractivity contribution is 0.690. The molecular weight excluding hydrogens is 162 g/mol. The van der Waals surface area contributed by atoms with Gasteiger partial charge < -0.3 is 10.3 Å². The van der Waals surface area contributed by atoms with Crippen LogP contribution >= 0.6 is 0 Å². The summed E-state index contributed by atoms with van der Waals surface area (Å²) >= 11 is 0. The van der Waals surface area contributed by atoms with Crippen molar-refractivity contribution >= 4 is 5.82 Å². The first-order chi connectivity index (χ1) is 6.24. The molecule has 1 aromatic heterocycles. The topological polar surface area (TPSA) is 43.8 Å². The van der Waals surface area contributed by atoms with Crippen molar-refractivity contribution in [2.24, 2.45) is 0 Å². The molecule has 2 N–H and O–H groups in total. The van der Waals surface area contributed by atoms with Crippen LogP contribution in [-0.2, 0) is 19.4 Å². The van der Waals surface area contributed by atoms with Crippen molar-refractivity contribution in [1.29, 1.82) is 0 Å². The van der Waals surface area contributed by atoms with Gasteiger partial charge in [0.25, 0.3) is 0 Å². The quantitative estimate of drug-likeness (QED) is 0.772. The smallest absolute Gasteiger partial charge is 0.126 e. The Morgan fingerprint density at radius 1 is 1.31 bits per heavy atom. The van der Waals surface area contributed by atoms with Crippen LogP contribution in [0.5, 0.6) is 0 Å². The van der Waals surface area contributed by atoms with Crippen molar-refractivity contribution in [2.45, 2.75) is 46.6 Å². The summed E-state index contributed by atoms with van der Waals surface area (Å²) in [6, 6.07) is 0. The van der Waals surface area contributed by atoms with Gasteiger partial charge in [-0.2, -0.15) is 0 Å². The highest BCUT2D eigenvalue weighted by Gasteiger charge is 2.10. The molecule has 0 saturated heterocycles. The molecule has 0 spiro atoms. The Kier molecular flexibility index (Phi) is 3.34. The third-order valence-corrected chi connectivity index (χ3v) is 2.29. The summed E-state index contributed by atoms with van der Waals surface area (Å²) in [6.45, 7) is 7.29. The standard InChI is InChI=1S/C10H19N3/c1-4-7-9-12-8(5-2)10(11)13(9)6-3/h4-7,11H2,1-3H3. The van der Waals surface area contributed by atoms with E-state index in [1.54, 1.807) is 0 Å². The normalized spacial score (nSPS) is 10.7. The van der Waals surface area contributed by atoms with Crippen LogP contribution in [0.3, 0.4) is 0 Å². The van der Waals surface area contributed by atoms with Gasteiger partial charge in [0.05, 0.1) is 5.69 Å². The molecule has 1 aromatic rings. The van der Waals surface area contributed by atoms with Crippen molar-refractivity contribution in [3.63, 3.8) is 0 Å². The van der Waals surface area contributed by atoms with Crippen LogP contribution in [0.15, 0.2) is 0 Å². The molecule has 1 rings (SSSR count). The summed E-state index contributed by atoms with van der Waals surface area (Å²) in [5.41, 5.74) is 7.00. The number of aromatic nitrogens is 2. The third kappa shape index (κ3) is 1.85. The van der Waals surface area contributed by atoms with Crippen molar-refractivity contribution in [3.05, 3.63) is 11.5 Å². The molecule has 1 heterocycles. The van der Waals surface area contributed by atoms with E-state index in [1.807, 2.05) is 0 Å². The van der Waals surface area contributed by atoms with E-state index in [1.165, 1.54) is 0 Å². The predicted octanol–water partition coefficient (Wildman–Crippen LogP) is 2.00. The maximum absolute atomic E-state index is 5.96. The number of aryl methyl sites for hydroxylation is 2. The number of anilines is 1. The monoisotopic (exact) mass is 181 g/mol. The van der Waals surface area contributed by atoms with E-state index in [-0.39, 0.29) is 0 Å². The Morgan fingerprint density at radius 3 is 2.46 bits per heavy atom. The van der Waals surface area contributed by atoms with Gasteiger partial charge >= 0.3 is 0 Å². The number of nitrogen functional groups attached to an aromatic ring is 1. The first-order valence-electron chi connectivity index (χ1n) is 5.08. The molecule has 0 aliphatic carbocycles. The molecule has 3 heteroatoms. The summed E-state index contributed by atoms with van der Waals surface area (Å²) in [7, 11) is 0. The second-order valence-electron chi connectivity index (χ2n) is 3.21. The predicted molar refractivity (Wildman–Crippen MR) is 55.7 cm³/mol. The van der Waals surface area contributed by atoms with E-state index < -0.39 is 0 Å². The molecule has 74 valence electrons. The van der Waals surface area contributed by atoms with Gasteiger partial charge in [0.15, 0.2) is 0 Å². The second kappa shape index (κ2) is 4.30. The van der Waals surface area contributed by atoms with Crippen molar-refractivity contribution in [3.8, 4) is 0 Å². The summed E-state index contributed by atoms with van der Waals surface area (Å²) < 4.78 is 2.11. The van der Waals surface area contributed by atoms with Gasteiger partial charge in [-0.1, -0.05) is 13.8 Å². The number of hydrogen-bond donors (Lipinski definition) is 1. The lowest BCUT2D eigenvalue weighted by Crippen LogP contribution is -2.05. The van der Waals surface area contributed by atoms with Gasteiger partial charge in [0.1, 0.15) is 11.6 Å². The molecular formula is C10H19N3. The largest absolute Gasteiger partial charge is 0.384 e. The van der Waals surface area contributed by atoms with E-state index in [2.05, 4.69) is 30.3 Å². The Bertz CT molecular complexity index is 276. The van der Waals surface area contributed by atoms with Crippen molar-refractivity contribution < 1.29 is 0 Å². The minimum Gasteiger partial charge on any atom is -0.384 e. The van der Waals surface area contributed by atoms with Crippen LogP contribution < -0.4 is 5.73 Å². The molecule has 3 nitrogen and oxygen atoms in total. The molecule has 0 aromatic carbocycles. The molecule has 0 radical (unpaired) electrons. The van der Waals surface area contributed by atoms with Crippen LogP contribution in [0.1, 0.15) is 38.7 Å². The van der Waals surface area contributed by atoms with Gasteiger partial charge in [-0.25, -0.2) is 4.98 Å².